The zero-order valence-electron chi connectivity index (χ0n) is 19.2. The summed E-state index contributed by atoms with van der Waals surface area (Å²) >= 11 is 24.2. The standard InChI is InChI=1S/C24H22Cl4N4O5/c25-15-5-2-6-16(26)21(15)18-12-19(37-31-18)13-3-1-4-14(11-13)32(24(36)22(27)28)10-9-30-23(35)17(29)7-8-20(33)34/h1-6,11-12,17,22H,7-10,29H2,(H,30,35)(H,33,34)/t17-/m0/s1. The number of amides is 2. The summed E-state index contributed by atoms with van der Waals surface area (Å²) in [6.45, 7) is 0.0417. The molecule has 3 aromatic rings. The summed E-state index contributed by atoms with van der Waals surface area (Å²) in [5.41, 5.74) is 7.71. The average Bonchev–Trinajstić information content (AvgIpc) is 3.34. The van der Waals surface area contributed by atoms with Gasteiger partial charge in [-0.25, -0.2) is 0 Å². The van der Waals surface area contributed by atoms with E-state index in [1.807, 2.05) is 0 Å². The predicted octanol–water partition coefficient (Wildman–Crippen LogP) is 4.76. The zero-order valence-corrected chi connectivity index (χ0v) is 22.2. The molecule has 0 aliphatic carbocycles. The van der Waals surface area contributed by atoms with Gasteiger partial charge in [0.15, 0.2) is 10.6 Å². The number of carbonyl (C=O) groups is 3. The monoisotopic (exact) mass is 586 g/mol. The van der Waals surface area contributed by atoms with Gasteiger partial charge in [0.05, 0.1) is 16.1 Å². The van der Waals surface area contributed by atoms with Gasteiger partial charge in [-0.1, -0.05) is 69.8 Å². The third kappa shape index (κ3) is 7.59. The van der Waals surface area contributed by atoms with Crippen molar-refractivity contribution in [2.45, 2.75) is 23.7 Å². The summed E-state index contributed by atoms with van der Waals surface area (Å²) in [6.07, 6.45) is -0.256. The number of nitrogens with two attached hydrogens (primary N) is 1. The maximum absolute atomic E-state index is 12.7. The van der Waals surface area contributed by atoms with E-state index in [4.69, 9.17) is 61.8 Å². The molecular weight excluding hydrogens is 566 g/mol. The van der Waals surface area contributed by atoms with Gasteiger partial charge >= 0.3 is 5.97 Å². The summed E-state index contributed by atoms with van der Waals surface area (Å²) in [7, 11) is 0. The Hall–Kier alpha value is -2.82. The van der Waals surface area contributed by atoms with Crippen molar-refractivity contribution in [3.63, 3.8) is 0 Å². The normalized spacial score (nSPS) is 11.8. The quantitative estimate of drug-likeness (QED) is 0.275. The van der Waals surface area contributed by atoms with Crippen molar-refractivity contribution in [2.75, 3.05) is 18.0 Å². The maximum atomic E-state index is 12.7. The van der Waals surface area contributed by atoms with Gasteiger partial charge in [-0.2, -0.15) is 0 Å². The van der Waals surface area contributed by atoms with Gasteiger partial charge < -0.3 is 25.6 Å². The van der Waals surface area contributed by atoms with Crippen molar-refractivity contribution in [3.05, 3.63) is 58.6 Å². The Kier molecular flexibility index (Phi) is 10.2. The molecule has 3 rings (SSSR count). The highest BCUT2D eigenvalue weighted by molar-refractivity contribution is 6.54. The van der Waals surface area contributed by atoms with Gasteiger partial charge in [-0.05, 0) is 30.7 Å². The Morgan fingerprint density at radius 2 is 1.76 bits per heavy atom. The first-order valence-corrected chi connectivity index (χ1v) is 12.6. The predicted molar refractivity (Wildman–Crippen MR) is 143 cm³/mol. The molecule has 0 radical (unpaired) electrons. The van der Waals surface area contributed by atoms with Gasteiger partial charge in [0, 0.05) is 42.4 Å². The van der Waals surface area contributed by atoms with Gasteiger partial charge in [-0.15, -0.1) is 0 Å². The number of nitrogens with zero attached hydrogens (tertiary/aromatic N) is 2. The van der Waals surface area contributed by atoms with E-state index < -0.39 is 28.7 Å². The Morgan fingerprint density at radius 1 is 1.08 bits per heavy atom. The summed E-state index contributed by atoms with van der Waals surface area (Å²) < 4.78 is 5.50. The number of carboxylic acid groups (broad SMARTS) is 1. The number of nitrogens with one attached hydrogen (secondary N) is 1. The van der Waals surface area contributed by atoms with E-state index in [1.165, 1.54) is 4.90 Å². The Morgan fingerprint density at radius 3 is 2.41 bits per heavy atom. The third-order valence-electron chi connectivity index (χ3n) is 5.26. The van der Waals surface area contributed by atoms with Crippen molar-refractivity contribution in [3.8, 4) is 22.6 Å². The first-order valence-electron chi connectivity index (χ1n) is 10.9. The van der Waals surface area contributed by atoms with Gasteiger partial charge in [-0.3, -0.25) is 14.4 Å². The van der Waals surface area contributed by atoms with Crippen LogP contribution in [0.15, 0.2) is 53.1 Å². The number of aliphatic carboxylic acids is 1. The fourth-order valence-electron chi connectivity index (χ4n) is 3.42. The lowest BCUT2D eigenvalue weighted by Gasteiger charge is -2.24. The lowest BCUT2D eigenvalue weighted by Crippen LogP contribution is -2.45. The molecule has 0 bridgehead atoms. The van der Waals surface area contributed by atoms with Crippen LogP contribution in [0.2, 0.25) is 10.0 Å². The average molecular weight is 588 g/mol. The van der Waals surface area contributed by atoms with Crippen molar-refractivity contribution in [1.82, 2.24) is 10.5 Å². The third-order valence-corrected chi connectivity index (χ3v) is 6.27. The van der Waals surface area contributed by atoms with E-state index in [0.29, 0.717) is 38.3 Å². The van der Waals surface area contributed by atoms with E-state index in [1.54, 1.807) is 48.5 Å². The molecule has 0 spiro atoms. The number of hydrogen-bond acceptors (Lipinski definition) is 6. The summed E-state index contributed by atoms with van der Waals surface area (Å²) in [5, 5.41) is 16.2. The van der Waals surface area contributed by atoms with Crippen LogP contribution in [0.25, 0.3) is 22.6 Å². The lowest BCUT2D eigenvalue weighted by atomic mass is 10.1. The minimum atomic E-state index is -1.35. The van der Waals surface area contributed by atoms with Crippen LogP contribution in [0.1, 0.15) is 12.8 Å². The molecule has 0 fully saturated rings. The molecule has 1 heterocycles. The van der Waals surface area contributed by atoms with Crippen LogP contribution < -0.4 is 16.0 Å². The number of benzene rings is 2. The molecule has 0 unspecified atom stereocenters. The number of anilines is 1. The van der Waals surface area contributed by atoms with Crippen LogP contribution in [0.4, 0.5) is 5.69 Å². The molecule has 13 heteroatoms. The van der Waals surface area contributed by atoms with Crippen LogP contribution >= 0.6 is 46.4 Å². The molecule has 196 valence electrons. The van der Waals surface area contributed by atoms with Crippen LogP contribution in [0.3, 0.4) is 0 Å². The Labute approximate surface area is 232 Å². The molecule has 2 amide bonds. The smallest absolute Gasteiger partial charge is 0.303 e. The maximum Gasteiger partial charge on any atom is 0.303 e. The van der Waals surface area contributed by atoms with E-state index in [9.17, 15) is 14.4 Å². The number of aromatic nitrogens is 1. The van der Waals surface area contributed by atoms with Gasteiger partial charge in [0.25, 0.3) is 5.91 Å². The SMILES string of the molecule is N[C@@H](CCC(=O)O)C(=O)NCCN(C(=O)C(Cl)Cl)c1cccc(-c2cc(-c3c(Cl)cccc3Cl)no2)c1. The highest BCUT2D eigenvalue weighted by Crippen LogP contribution is 2.36. The highest BCUT2D eigenvalue weighted by Gasteiger charge is 2.23. The van der Waals surface area contributed by atoms with Crippen molar-refractivity contribution >= 4 is 69.9 Å². The van der Waals surface area contributed by atoms with E-state index in [-0.39, 0.29) is 25.9 Å². The minimum Gasteiger partial charge on any atom is -0.481 e. The minimum absolute atomic E-state index is 0.0180. The number of carboxylic acids is 1. The largest absolute Gasteiger partial charge is 0.481 e. The van der Waals surface area contributed by atoms with Crippen LogP contribution in [-0.2, 0) is 14.4 Å². The van der Waals surface area contributed by atoms with Crippen molar-refractivity contribution in [2.24, 2.45) is 5.73 Å². The van der Waals surface area contributed by atoms with Crippen molar-refractivity contribution < 1.29 is 24.0 Å². The molecule has 1 aromatic heterocycles. The molecule has 2 aromatic carbocycles. The van der Waals surface area contributed by atoms with Crippen LogP contribution in [0, 0.1) is 0 Å². The van der Waals surface area contributed by atoms with Crippen LogP contribution in [0.5, 0.6) is 0 Å². The fraction of sp³-hybridized carbons (Fsp3) is 0.250. The molecule has 0 aliphatic heterocycles. The second kappa shape index (κ2) is 13.1. The molecule has 0 saturated carbocycles. The number of rotatable bonds is 11. The summed E-state index contributed by atoms with van der Waals surface area (Å²) in [6, 6.07) is 12.6. The van der Waals surface area contributed by atoms with Gasteiger partial charge in [0.2, 0.25) is 5.91 Å². The molecule has 9 nitrogen and oxygen atoms in total. The Balaban J connectivity index is 1.78. The molecular formula is C24H22Cl4N4O5. The summed E-state index contributed by atoms with van der Waals surface area (Å²) in [4.78, 5) is 35.5. The van der Waals surface area contributed by atoms with Gasteiger partial charge in [0.1, 0.15) is 5.69 Å². The first kappa shape index (κ1) is 28.7. The van der Waals surface area contributed by atoms with E-state index >= 15 is 0 Å². The highest BCUT2D eigenvalue weighted by atomic mass is 35.5. The van der Waals surface area contributed by atoms with Crippen molar-refractivity contribution in [1.29, 1.82) is 0 Å². The fourth-order valence-corrected chi connectivity index (χ4v) is 4.24. The number of hydrogen-bond donors (Lipinski definition) is 3. The topological polar surface area (TPSA) is 139 Å². The number of carbonyl (C=O) groups excluding carboxylic acids is 2. The number of alkyl halides is 2. The van der Waals surface area contributed by atoms with E-state index in [0.717, 1.165) is 0 Å². The summed E-state index contributed by atoms with van der Waals surface area (Å²) in [5.74, 6) is -1.80. The van der Waals surface area contributed by atoms with E-state index in [2.05, 4.69) is 10.5 Å². The molecule has 0 aliphatic rings. The molecule has 0 saturated heterocycles. The number of halogens is 4. The Bertz CT molecular complexity index is 1260. The second-order valence-corrected chi connectivity index (χ2v) is 9.75. The molecule has 1 atom stereocenters. The lowest BCUT2D eigenvalue weighted by molar-refractivity contribution is -0.137. The first-order chi connectivity index (χ1) is 17.6. The van der Waals surface area contributed by atoms with Crippen LogP contribution in [-0.4, -0.2) is 52.0 Å². The zero-order chi connectivity index (χ0) is 27.1. The second-order valence-electron chi connectivity index (χ2n) is 7.84. The molecule has 4 N–H and O–H groups in total. The molecule has 37 heavy (non-hydrogen) atoms.